The van der Waals surface area contributed by atoms with Crippen molar-refractivity contribution >= 4 is 5.69 Å². The lowest BCUT2D eigenvalue weighted by Crippen LogP contribution is -2.30. The van der Waals surface area contributed by atoms with Gasteiger partial charge in [-0.25, -0.2) is 0 Å². The summed E-state index contributed by atoms with van der Waals surface area (Å²) in [5, 5.41) is 3.68. The summed E-state index contributed by atoms with van der Waals surface area (Å²) in [4.78, 5) is 0. The van der Waals surface area contributed by atoms with Crippen LogP contribution in [-0.4, -0.2) is 6.04 Å². The molecule has 0 saturated heterocycles. The highest BCUT2D eigenvalue weighted by atomic mass is 16.5. The summed E-state index contributed by atoms with van der Waals surface area (Å²) in [6.45, 7) is 2.35. The SMILES string of the molecule is CC1CCCCC1Nc1cccc(Oc2ccccc2)c1. The summed E-state index contributed by atoms with van der Waals surface area (Å²) in [5.74, 6) is 2.51. The van der Waals surface area contributed by atoms with E-state index in [0.29, 0.717) is 6.04 Å². The molecule has 1 aliphatic carbocycles. The number of nitrogens with one attached hydrogen (secondary N) is 1. The number of ether oxygens (including phenoxy) is 1. The second-order valence-corrected chi connectivity index (χ2v) is 5.96. The van der Waals surface area contributed by atoms with E-state index in [-0.39, 0.29) is 0 Å². The molecule has 1 aliphatic rings. The molecule has 2 atom stereocenters. The highest BCUT2D eigenvalue weighted by Crippen LogP contribution is 2.29. The van der Waals surface area contributed by atoms with Crippen LogP contribution < -0.4 is 10.1 Å². The molecule has 1 fully saturated rings. The van der Waals surface area contributed by atoms with Gasteiger partial charge in [-0.3, -0.25) is 0 Å². The molecule has 0 radical (unpaired) electrons. The molecular weight excluding hydrogens is 258 g/mol. The van der Waals surface area contributed by atoms with Crippen LogP contribution in [0.5, 0.6) is 11.5 Å². The molecule has 110 valence electrons. The van der Waals surface area contributed by atoms with E-state index in [9.17, 15) is 0 Å². The van der Waals surface area contributed by atoms with Gasteiger partial charge in [0.1, 0.15) is 11.5 Å². The van der Waals surface area contributed by atoms with Gasteiger partial charge in [-0.05, 0) is 43.0 Å². The first-order chi connectivity index (χ1) is 10.3. The molecule has 2 nitrogen and oxygen atoms in total. The molecule has 2 heteroatoms. The van der Waals surface area contributed by atoms with Gasteiger partial charge in [0.15, 0.2) is 0 Å². The molecule has 2 aromatic carbocycles. The van der Waals surface area contributed by atoms with Crippen LogP contribution in [0, 0.1) is 5.92 Å². The van der Waals surface area contributed by atoms with Crippen LogP contribution in [0.4, 0.5) is 5.69 Å². The van der Waals surface area contributed by atoms with Gasteiger partial charge < -0.3 is 10.1 Å². The summed E-state index contributed by atoms with van der Waals surface area (Å²) >= 11 is 0. The zero-order chi connectivity index (χ0) is 14.5. The quantitative estimate of drug-likeness (QED) is 0.802. The van der Waals surface area contributed by atoms with Gasteiger partial charge in [0.25, 0.3) is 0 Å². The highest BCUT2D eigenvalue weighted by Gasteiger charge is 2.20. The zero-order valence-electron chi connectivity index (χ0n) is 12.6. The fourth-order valence-electron chi connectivity index (χ4n) is 3.02. The lowest BCUT2D eigenvalue weighted by Gasteiger charge is -2.30. The van der Waals surface area contributed by atoms with Gasteiger partial charge in [0.2, 0.25) is 0 Å². The van der Waals surface area contributed by atoms with Crippen LogP contribution in [0.3, 0.4) is 0 Å². The second-order valence-electron chi connectivity index (χ2n) is 5.96. The summed E-state index contributed by atoms with van der Waals surface area (Å²) in [6, 6.07) is 18.8. The van der Waals surface area contributed by atoms with Crippen molar-refractivity contribution in [2.75, 3.05) is 5.32 Å². The number of rotatable bonds is 4. The fourth-order valence-corrected chi connectivity index (χ4v) is 3.02. The van der Waals surface area contributed by atoms with E-state index in [4.69, 9.17) is 4.74 Å². The number of hydrogen-bond donors (Lipinski definition) is 1. The summed E-state index contributed by atoms with van der Waals surface area (Å²) < 4.78 is 5.90. The van der Waals surface area contributed by atoms with Gasteiger partial charge in [-0.15, -0.1) is 0 Å². The average Bonchev–Trinajstić information content (AvgIpc) is 2.51. The minimum Gasteiger partial charge on any atom is -0.457 e. The molecule has 0 aliphatic heterocycles. The summed E-state index contributed by atoms with van der Waals surface area (Å²) in [6.07, 6.45) is 5.31. The standard InChI is InChI=1S/C19H23NO/c1-15-8-5-6-13-19(15)20-16-9-7-12-18(14-16)21-17-10-3-2-4-11-17/h2-4,7,9-12,14-15,19-20H,5-6,8,13H2,1H3. The Morgan fingerprint density at radius 1 is 0.905 bits per heavy atom. The molecule has 2 aromatic rings. The normalized spacial score (nSPS) is 21.8. The van der Waals surface area contributed by atoms with Crippen molar-refractivity contribution in [3.8, 4) is 11.5 Å². The van der Waals surface area contributed by atoms with Gasteiger partial charge in [0.05, 0.1) is 0 Å². The second kappa shape index (κ2) is 6.66. The van der Waals surface area contributed by atoms with Crippen LogP contribution in [0.1, 0.15) is 32.6 Å². The highest BCUT2D eigenvalue weighted by molar-refractivity contribution is 5.50. The third-order valence-corrected chi connectivity index (χ3v) is 4.28. The predicted molar refractivity (Wildman–Crippen MR) is 88.0 cm³/mol. The molecule has 0 heterocycles. The van der Waals surface area contributed by atoms with Gasteiger partial charge in [-0.2, -0.15) is 0 Å². The van der Waals surface area contributed by atoms with Crippen LogP contribution in [0.25, 0.3) is 0 Å². The molecular formula is C19H23NO. The third-order valence-electron chi connectivity index (χ3n) is 4.28. The van der Waals surface area contributed by atoms with Gasteiger partial charge >= 0.3 is 0 Å². The maximum absolute atomic E-state index is 5.90. The van der Waals surface area contributed by atoms with Crippen molar-refractivity contribution < 1.29 is 4.74 Å². The van der Waals surface area contributed by atoms with Crippen LogP contribution in [0.2, 0.25) is 0 Å². The molecule has 0 spiro atoms. The Labute approximate surface area is 127 Å². The Hall–Kier alpha value is -1.96. The average molecular weight is 281 g/mol. The topological polar surface area (TPSA) is 21.3 Å². The molecule has 1 N–H and O–H groups in total. The van der Waals surface area contributed by atoms with Crippen LogP contribution in [0.15, 0.2) is 54.6 Å². The van der Waals surface area contributed by atoms with E-state index in [1.54, 1.807) is 0 Å². The van der Waals surface area contributed by atoms with Crippen molar-refractivity contribution in [3.63, 3.8) is 0 Å². The van der Waals surface area contributed by atoms with E-state index in [0.717, 1.165) is 23.1 Å². The molecule has 0 bridgehead atoms. The van der Waals surface area contributed by atoms with Crippen molar-refractivity contribution in [3.05, 3.63) is 54.6 Å². The Morgan fingerprint density at radius 2 is 1.67 bits per heavy atom. The zero-order valence-corrected chi connectivity index (χ0v) is 12.6. The first-order valence-corrected chi connectivity index (χ1v) is 7.91. The van der Waals surface area contributed by atoms with Crippen molar-refractivity contribution in [1.29, 1.82) is 0 Å². The molecule has 1 saturated carbocycles. The maximum atomic E-state index is 5.90. The Kier molecular flexibility index (Phi) is 4.44. The van der Waals surface area contributed by atoms with E-state index < -0.39 is 0 Å². The van der Waals surface area contributed by atoms with Crippen molar-refractivity contribution in [2.45, 2.75) is 38.6 Å². The Balaban J connectivity index is 1.68. The number of benzene rings is 2. The number of hydrogen-bond acceptors (Lipinski definition) is 2. The Bertz CT molecular complexity index is 567. The summed E-state index contributed by atoms with van der Waals surface area (Å²) in [7, 11) is 0. The summed E-state index contributed by atoms with van der Waals surface area (Å²) in [5.41, 5.74) is 1.15. The lowest BCUT2D eigenvalue weighted by molar-refractivity contribution is 0.349. The van der Waals surface area contributed by atoms with Crippen LogP contribution >= 0.6 is 0 Å². The Morgan fingerprint density at radius 3 is 2.48 bits per heavy atom. The van der Waals surface area contributed by atoms with E-state index >= 15 is 0 Å². The molecule has 21 heavy (non-hydrogen) atoms. The van der Waals surface area contributed by atoms with E-state index in [1.165, 1.54) is 25.7 Å². The number of para-hydroxylation sites is 1. The first kappa shape index (κ1) is 14.0. The van der Waals surface area contributed by atoms with Gasteiger partial charge in [0, 0.05) is 17.8 Å². The fraction of sp³-hybridized carbons (Fsp3) is 0.368. The molecule has 2 unspecified atom stereocenters. The molecule has 3 rings (SSSR count). The molecule has 0 amide bonds. The predicted octanol–water partition coefficient (Wildman–Crippen LogP) is 5.47. The monoisotopic (exact) mass is 281 g/mol. The van der Waals surface area contributed by atoms with Gasteiger partial charge in [-0.1, -0.05) is 44.0 Å². The maximum Gasteiger partial charge on any atom is 0.129 e. The van der Waals surface area contributed by atoms with E-state index in [2.05, 4.69) is 24.4 Å². The minimum absolute atomic E-state index is 0.589. The van der Waals surface area contributed by atoms with E-state index in [1.807, 2.05) is 42.5 Å². The van der Waals surface area contributed by atoms with Crippen LogP contribution in [-0.2, 0) is 0 Å². The first-order valence-electron chi connectivity index (χ1n) is 7.91. The minimum atomic E-state index is 0.589. The largest absolute Gasteiger partial charge is 0.457 e. The van der Waals surface area contributed by atoms with Crippen molar-refractivity contribution in [1.82, 2.24) is 0 Å². The lowest BCUT2D eigenvalue weighted by atomic mass is 9.86. The third kappa shape index (κ3) is 3.78. The smallest absolute Gasteiger partial charge is 0.129 e. The molecule has 0 aromatic heterocycles. The van der Waals surface area contributed by atoms with Crippen molar-refractivity contribution in [2.24, 2.45) is 5.92 Å². The number of anilines is 1.